The van der Waals surface area contributed by atoms with E-state index in [2.05, 4.69) is 53.4 Å². The lowest BCUT2D eigenvalue weighted by Gasteiger charge is -2.39. The average Bonchev–Trinajstić information content (AvgIpc) is 3.37. The SMILES string of the molecule is O=S(=O)(CCCOc1ccc2c(c1)OCO2)N1CCN(C(c2ccccc2)c2ccccc2)CC1. The van der Waals surface area contributed by atoms with Crippen LogP contribution in [0.15, 0.2) is 78.9 Å². The summed E-state index contributed by atoms with van der Waals surface area (Å²) in [6, 6.07) is 26.3. The van der Waals surface area contributed by atoms with Crippen LogP contribution in [0, 0.1) is 0 Å². The van der Waals surface area contributed by atoms with Crippen molar-refractivity contribution >= 4 is 10.0 Å². The molecule has 8 heteroatoms. The van der Waals surface area contributed by atoms with Gasteiger partial charge in [0, 0.05) is 32.2 Å². The van der Waals surface area contributed by atoms with Crippen LogP contribution >= 0.6 is 0 Å². The number of benzene rings is 3. The van der Waals surface area contributed by atoms with Gasteiger partial charge in [-0.05, 0) is 29.7 Å². The average molecular weight is 495 g/mol. The number of hydrogen-bond donors (Lipinski definition) is 0. The number of piperazine rings is 1. The zero-order chi connectivity index (χ0) is 24.1. The van der Waals surface area contributed by atoms with E-state index in [9.17, 15) is 8.42 Å². The predicted molar refractivity (Wildman–Crippen MR) is 134 cm³/mol. The molecule has 0 aromatic heterocycles. The maximum absolute atomic E-state index is 13.0. The van der Waals surface area contributed by atoms with Crippen molar-refractivity contribution in [1.82, 2.24) is 9.21 Å². The molecule has 0 spiro atoms. The molecular formula is C27H30N2O5S. The quantitative estimate of drug-likeness (QED) is 0.420. The maximum atomic E-state index is 13.0. The summed E-state index contributed by atoms with van der Waals surface area (Å²) in [7, 11) is -3.34. The largest absolute Gasteiger partial charge is 0.493 e. The molecule has 3 aromatic rings. The summed E-state index contributed by atoms with van der Waals surface area (Å²) in [6.07, 6.45) is 0.424. The van der Waals surface area contributed by atoms with Crippen LogP contribution in [0.25, 0.3) is 0 Å². The Morgan fingerprint density at radius 1 is 0.800 bits per heavy atom. The molecule has 35 heavy (non-hydrogen) atoms. The minimum atomic E-state index is -3.34. The third kappa shape index (κ3) is 5.61. The van der Waals surface area contributed by atoms with Crippen LogP contribution in [-0.4, -0.2) is 63.0 Å². The highest BCUT2D eigenvalue weighted by molar-refractivity contribution is 7.89. The van der Waals surface area contributed by atoms with E-state index >= 15 is 0 Å². The van der Waals surface area contributed by atoms with Gasteiger partial charge in [-0.3, -0.25) is 4.90 Å². The van der Waals surface area contributed by atoms with E-state index in [0.29, 0.717) is 56.5 Å². The Kier molecular flexibility index (Phi) is 7.22. The normalized spacial score (nSPS) is 16.5. The highest BCUT2D eigenvalue weighted by atomic mass is 32.2. The molecular weight excluding hydrogens is 464 g/mol. The summed E-state index contributed by atoms with van der Waals surface area (Å²) in [6.45, 7) is 2.87. The molecule has 2 aliphatic rings. The lowest BCUT2D eigenvalue weighted by atomic mass is 9.96. The summed E-state index contributed by atoms with van der Waals surface area (Å²) in [5, 5.41) is 0. The number of fused-ring (bicyclic) bond motifs is 1. The Bertz CT molecular complexity index is 1170. The molecule has 7 nitrogen and oxygen atoms in total. The molecule has 0 saturated carbocycles. The van der Waals surface area contributed by atoms with Crippen LogP contribution in [0.3, 0.4) is 0 Å². The van der Waals surface area contributed by atoms with Gasteiger partial charge in [0.05, 0.1) is 18.4 Å². The monoisotopic (exact) mass is 494 g/mol. The van der Waals surface area contributed by atoms with Gasteiger partial charge >= 0.3 is 0 Å². The number of nitrogens with zero attached hydrogens (tertiary/aromatic N) is 2. The molecule has 2 aliphatic heterocycles. The second-order valence-electron chi connectivity index (χ2n) is 8.69. The van der Waals surface area contributed by atoms with Gasteiger partial charge in [0.2, 0.25) is 16.8 Å². The van der Waals surface area contributed by atoms with Crippen molar-refractivity contribution in [2.24, 2.45) is 0 Å². The predicted octanol–water partition coefficient (Wildman–Crippen LogP) is 3.92. The van der Waals surface area contributed by atoms with Gasteiger partial charge in [0.1, 0.15) is 5.75 Å². The first-order valence-corrected chi connectivity index (χ1v) is 13.6. The number of ether oxygens (including phenoxy) is 3. The third-order valence-electron chi connectivity index (χ3n) is 6.42. The molecule has 0 radical (unpaired) electrons. The highest BCUT2D eigenvalue weighted by Gasteiger charge is 2.31. The van der Waals surface area contributed by atoms with Crippen LogP contribution in [-0.2, 0) is 10.0 Å². The van der Waals surface area contributed by atoms with Crippen molar-refractivity contribution in [2.75, 3.05) is 45.3 Å². The maximum Gasteiger partial charge on any atom is 0.231 e. The Balaban J connectivity index is 1.15. The van der Waals surface area contributed by atoms with Crippen molar-refractivity contribution in [3.05, 3.63) is 90.0 Å². The Morgan fingerprint density at radius 3 is 2.09 bits per heavy atom. The summed E-state index contributed by atoms with van der Waals surface area (Å²) in [4.78, 5) is 2.37. The Morgan fingerprint density at radius 2 is 1.43 bits per heavy atom. The summed E-state index contributed by atoms with van der Waals surface area (Å²) < 4.78 is 44.0. The van der Waals surface area contributed by atoms with Gasteiger partial charge in [0.15, 0.2) is 11.5 Å². The number of rotatable bonds is 9. The van der Waals surface area contributed by atoms with Crippen molar-refractivity contribution in [3.8, 4) is 17.2 Å². The second kappa shape index (κ2) is 10.7. The van der Waals surface area contributed by atoms with Gasteiger partial charge in [-0.2, -0.15) is 4.31 Å². The lowest BCUT2D eigenvalue weighted by Crippen LogP contribution is -2.50. The van der Waals surface area contributed by atoms with E-state index in [1.165, 1.54) is 11.1 Å². The first-order chi connectivity index (χ1) is 17.1. The minimum absolute atomic E-state index is 0.0678. The summed E-state index contributed by atoms with van der Waals surface area (Å²) in [5.41, 5.74) is 2.44. The number of hydrogen-bond acceptors (Lipinski definition) is 6. The second-order valence-corrected chi connectivity index (χ2v) is 10.8. The van der Waals surface area contributed by atoms with Crippen molar-refractivity contribution in [2.45, 2.75) is 12.5 Å². The lowest BCUT2D eigenvalue weighted by molar-refractivity contribution is 0.155. The van der Waals surface area contributed by atoms with E-state index in [-0.39, 0.29) is 18.6 Å². The van der Waals surface area contributed by atoms with Crippen molar-refractivity contribution < 1.29 is 22.6 Å². The zero-order valence-electron chi connectivity index (χ0n) is 19.6. The van der Waals surface area contributed by atoms with Gasteiger partial charge in [0.25, 0.3) is 0 Å². The third-order valence-corrected chi connectivity index (χ3v) is 8.38. The van der Waals surface area contributed by atoms with Crippen molar-refractivity contribution in [1.29, 1.82) is 0 Å². The smallest absolute Gasteiger partial charge is 0.231 e. The summed E-state index contributed by atoms with van der Waals surface area (Å²) in [5.74, 6) is 2.06. The standard InChI is InChI=1S/C27H30N2O5S/c30-35(31,19-7-18-32-24-12-13-25-26(20-24)34-21-33-25)29-16-14-28(15-17-29)27(22-8-3-1-4-9-22)23-10-5-2-6-11-23/h1-6,8-13,20,27H,7,14-19,21H2. The zero-order valence-corrected chi connectivity index (χ0v) is 20.4. The molecule has 184 valence electrons. The van der Waals surface area contributed by atoms with Gasteiger partial charge in [-0.25, -0.2) is 8.42 Å². The Labute approximate surface area is 206 Å². The molecule has 1 fully saturated rings. The van der Waals surface area contributed by atoms with E-state index in [4.69, 9.17) is 14.2 Å². The van der Waals surface area contributed by atoms with E-state index in [1.54, 1.807) is 22.5 Å². The van der Waals surface area contributed by atoms with Gasteiger partial charge in [-0.15, -0.1) is 0 Å². The highest BCUT2D eigenvalue weighted by Crippen LogP contribution is 2.35. The molecule has 0 unspecified atom stereocenters. The van der Waals surface area contributed by atoms with Crippen LogP contribution in [0.5, 0.6) is 17.2 Å². The fraction of sp³-hybridized carbons (Fsp3) is 0.333. The first kappa shape index (κ1) is 23.7. The van der Waals surface area contributed by atoms with Crippen molar-refractivity contribution in [3.63, 3.8) is 0 Å². The fourth-order valence-electron chi connectivity index (χ4n) is 4.65. The van der Waals surface area contributed by atoms with Crippen LogP contribution < -0.4 is 14.2 Å². The van der Waals surface area contributed by atoms with Gasteiger partial charge in [-0.1, -0.05) is 60.7 Å². The first-order valence-electron chi connectivity index (χ1n) is 11.9. The molecule has 3 aromatic carbocycles. The van der Waals surface area contributed by atoms with Crippen LogP contribution in [0.2, 0.25) is 0 Å². The topological polar surface area (TPSA) is 68.3 Å². The van der Waals surface area contributed by atoms with E-state index < -0.39 is 10.0 Å². The van der Waals surface area contributed by atoms with Crippen LogP contribution in [0.1, 0.15) is 23.6 Å². The molecule has 0 amide bonds. The molecule has 1 saturated heterocycles. The minimum Gasteiger partial charge on any atom is -0.493 e. The molecule has 0 atom stereocenters. The summed E-state index contributed by atoms with van der Waals surface area (Å²) >= 11 is 0. The van der Waals surface area contributed by atoms with Crippen LogP contribution in [0.4, 0.5) is 0 Å². The molecule has 0 N–H and O–H groups in total. The molecule has 2 heterocycles. The Hall–Kier alpha value is -3.07. The molecule has 5 rings (SSSR count). The van der Waals surface area contributed by atoms with E-state index in [0.717, 1.165) is 0 Å². The fourth-order valence-corrected chi connectivity index (χ4v) is 6.11. The van der Waals surface area contributed by atoms with E-state index in [1.807, 2.05) is 12.1 Å². The molecule has 0 aliphatic carbocycles. The number of sulfonamides is 1. The molecule has 0 bridgehead atoms. The van der Waals surface area contributed by atoms with Gasteiger partial charge < -0.3 is 14.2 Å².